The van der Waals surface area contributed by atoms with Crippen molar-refractivity contribution in [2.45, 2.75) is 54.7 Å². The predicted molar refractivity (Wildman–Crippen MR) is 57.8 cm³/mol. The summed E-state index contributed by atoms with van der Waals surface area (Å²) < 4.78 is 0. The Labute approximate surface area is 81.0 Å². The molecule has 0 aromatic heterocycles. The van der Waals surface area contributed by atoms with Gasteiger partial charge in [0.2, 0.25) is 0 Å². The molecule has 0 nitrogen and oxygen atoms in total. The van der Waals surface area contributed by atoms with Crippen LogP contribution < -0.4 is 0 Å². The maximum absolute atomic E-state index is 5.14. The van der Waals surface area contributed by atoms with Gasteiger partial charge in [-0.25, -0.2) is 0 Å². The van der Waals surface area contributed by atoms with E-state index in [1.165, 1.54) is 0 Å². The minimum absolute atomic E-state index is 0.111. The summed E-state index contributed by atoms with van der Waals surface area (Å²) in [4.78, 5) is 15.9. The van der Waals surface area contributed by atoms with E-state index in [0.717, 1.165) is 0 Å². The van der Waals surface area contributed by atoms with E-state index in [0.29, 0.717) is 0 Å². The van der Waals surface area contributed by atoms with Gasteiger partial charge in [0.1, 0.15) is 8.83 Å². The molecule has 14 heavy (non-hydrogen) atoms. The average molecular weight is 267 g/mol. The summed E-state index contributed by atoms with van der Waals surface area (Å²) in [5.74, 6) is 0. The topological polar surface area (TPSA) is 0 Å². The number of hydrogen-bond acceptors (Lipinski definition) is 0. The van der Waals surface area contributed by atoms with Crippen LogP contribution in [0.2, 0.25) is 54.7 Å². The van der Waals surface area contributed by atoms with Crippen LogP contribution in [0.3, 0.4) is 0 Å². The third-order valence-corrected chi connectivity index (χ3v) is 56.5. The van der Waals surface area contributed by atoms with Crippen molar-refractivity contribution in [3.8, 4) is 0 Å². The Bertz CT molecular complexity index is 598. The molecule has 0 bridgehead atoms. The van der Waals surface area contributed by atoms with Crippen LogP contribution in [-0.2, 0) is 6.51 Å². The van der Waals surface area contributed by atoms with Gasteiger partial charge in [-0.05, 0) is 0 Å². The maximum atomic E-state index is 5.14. The molecule has 10 saturated heterocycles. The molecule has 0 aromatic rings. The van der Waals surface area contributed by atoms with E-state index < -0.39 is 6.51 Å². The Morgan fingerprint density at radius 3 is 0.857 bits per heavy atom. The summed E-state index contributed by atoms with van der Waals surface area (Å²) in [5.41, 5.74) is 0. The van der Waals surface area contributed by atoms with Gasteiger partial charge >= 0.3 is 54.7 Å². The molecule has 10 heterocycles. The van der Waals surface area contributed by atoms with Crippen molar-refractivity contribution in [1.29, 1.82) is 0 Å². The Kier molecular flexibility index (Phi) is 0.160. The third kappa shape index (κ3) is 0.0466. The molecule has 3 heteroatoms. The Morgan fingerprint density at radius 1 is 0.714 bits per heavy atom. The molecule has 10 aliphatic rings. The van der Waals surface area contributed by atoms with Gasteiger partial charge in [0.05, 0.1) is 0 Å². The average Bonchev–Trinajstić information content (AvgIpc) is 3.15. The van der Waals surface area contributed by atoms with Crippen LogP contribution in [0.1, 0.15) is 0 Å². The molecular formula is C11H15ClFeSi. The van der Waals surface area contributed by atoms with E-state index in [9.17, 15) is 0 Å². The van der Waals surface area contributed by atoms with Crippen LogP contribution in [0.4, 0.5) is 0 Å². The first-order valence-corrected chi connectivity index (χ1v) is 16.3. The molecular weight excluding hydrogens is 252 g/mol. The molecule has 1 spiro atoms. The zero-order valence-electron chi connectivity index (χ0n) is 8.21. The predicted octanol–water partition coefficient (Wildman–Crippen LogP) is 3.73. The molecule has 0 radical (unpaired) electrons. The summed E-state index contributed by atoms with van der Waals surface area (Å²) in [7, 11) is -0.111. The molecule has 0 atom stereocenters. The fraction of sp³-hybridized carbons (Fsp3) is 1.00. The second kappa shape index (κ2) is 0.401. The number of rotatable bonds is 0. The third-order valence-electron chi connectivity index (χ3n) is 14.5. The SMILES string of the molecule is C[SiH2]Cl.[CH]12[CH]3[CH]4[CH]5[CH]1[Fe]23451678[CH]2[CH]1[CH]6[CH]7[CH]28. The van der Waals surface area contributed by atoms with Crippen LogP contribution in [0, 0.1) is 0 Å². The van der Waals surface area contributed by atoms with Crippen molar-refractivity contribution < 1.29 is 6.51 Å². The van der Waals surface area contributed by atoms with Gasteiger partial charge in [0.15, 0.2) is 0 Å². The fourth-order valence-corrected chi connectivity index (χ4v) is 88.0. The molecule has 10 aliphatic heterocycles. The fourth-order valence-electron chi connectivity index (χ4n) is 15.8. The van der Waals surface area contributed by atoms with E-state index in [1.807, 2.05) is 6.55 Å². The Hall–Kier alpha value is 1.03. The van der Waals surface area contributed by atoms with E-state index in [-0.39, 0.29) is 8.83 Å². The van der Waals surface area contributed by atoms with E-state index in [1.54, 1.807) is 48.2 Å². The van der Waals surface area contributed by atoms with Crippen molar-refractivity contribution in [1.82, 2.24) is 0 Å². The van der Waals surface area contributed by atoms with E-state index in [4.69, 9.17) is 11.1 Å². The van der Waals surface area contributed by atoms with Gasteiger partial charge in [0.25, 0.3) is 0 Å². The van der Waals surface area contributed by atoms with Crippen molar-refractivity contribution in [2.75, 3.05) is 0 Å². The first-order chi connectivity index (χ1) is 6.57. The van der Waals surface area contributed by atoms with Crippen LogP contribution >= 0.6 is 11.1 Å². The number of fused-ring (bicyclic) bond motifs is 10. The molecule has 0 aliphatic carbocycles. The van der Waals surface area contributed by atoms with Gasteiger partial charge in [-0.2, -0.15) is 11.1 Å². The summed E-state index contributed by atoms with van der Waals surface area (Å²) in [5, 5.41) is 0. The zero-order chi connectivity index (χ0) is 8.80. The molecule has 0 unspecified atom stereocenters. The molecule has 0 N–H and O–H groups in total. The van der Waals surface area contributed by atoms with Crippen molar-refractivity contribution >= 4 is 19.9 Å². The first-order valence-electron chi connectivity index (χ1n) is 6.35. The number of halogens is 1. The first kappa shape index (κ1) is 5.58. The van der Waals surface area contributed by atoms with Gasteiger partial charge in [-0.1, -0.05) is 6.55 Å². The second-order valence-electron chi connectivity index (χ2n) is 9.85. The normalized spacial score (nSPS) is 136. The molecule has 78 valence electrons. The Balaban J connectivity index is 0.000000151. The Morgan fingerprint density at radius 2 is 0.857 bits per heavy atom. The van der Waals surface area contributed by atoms with Crippen LogP contribution in [-0.4, -0.2) is 8.83 Å². The zero-order valence-corrected chi connectivity index (χ0v) is 11.5. The summed E-state index contributed by atoms with van der Waals surface area (Å²) >= 11 is 5.14. The monoisotopic (exact) mass is 266 g/mol. The van der Waals surface area contributed by atoms with Crippen LogP contribution in [0.5, 0.6) is 0 Å². The van der Waals surface area contributed by atoms with Crippen LogP contribution in [0.15, 0.2) is 0 Å². The number of hydrogen-bond donors (Lipinski definition) is 0. The van der Waals surface area contributed by atoms with Crippen molar-refractivity contribution in [3.63, 3.8) is 0 Å². The van der Waals surface area contributed by atoms with Gasteiger partial charge in [-0.3, -0.25) is 0 Å². The standard InChI is InChI=1S/2C5H5.CH5ClSi.Fe/c2*1-2-4-5-3-1;1-3-2;/h2*1-5H;3H2,1H3;. The van der Waals surface area contributed by atoms with Gasteiger partial charge in [0, 0.05) is 0 Å². The second-order valence-corrected chi connectivity index (χ2v) is 35.9. The molecule has 10 rings (SSSR count). The minimum atomic E-state index is -2.28. The van der Waals surface area contributed by atoms with Crippen molar-refractivity contribution in [3.05, 3.63) is 0 Å². The van der Waals surface area contributed by atoms with E-state index in [2.05, 4.69) is 0 Å². The molecule has 0 saturated carbocycles. The molecule has 0 amide bonds. The van der Waals surface area contributed by atoms with Crippen molar-refractivity contribution in [2.24, 2.45) is 0 Å². The summed E-state index contributed by atoms with van der Waals surface area (Å²) in [6.45, 7) is -0.254. The van der Waals surface area contributed by atoms with Gasteiger partial charge < -0.3 is 0 Å². The summed E-state index contributed by atoms with van der Waals surface area (Å²) in [6, 6.07) is 0. The summed E-state index contributed by atoms with van der Waals surface area (Å²) in [6.07, 6.45) is 0. The van der Waals surface area contributed by atoms with Gasteiger partial charge in [-0.15, -0.1) is 0 Å². The quantitative estimate of drug-likeness (QED) is 0.463. The van der Waals surface area contributed by atoms with Crippen LogP contribution in [0.25, 0.3) is 0 Å². The molecule has 0 aromatic carbocycles. The molecule has 10 fully saturated rings. The van der Waals surface area contributed by atoms with E-state index >= 15 is 0 Å².